The topological polar surface area (TPSA) is 122 Å². The molecule has 160 valence electrons. The van der Waals surface area contributed by atoms with E-state index in [1.807, 2.05) is 0 Å². The number of rotatable bonds is 3. The third kappa shape index (κ3) is 3.89. The molecule has 0 aliphatic carbocycles. The number of primary amides is 1. The van der Waals surface area contributed by atoms with Crippen LogP contribution in [-0.4, -0.2) is 51.2 Å². The smallest absolute Gasteiger partial charge is 0.323 e. The zero-order valence-corrected chi connectivity index (χ0v) is 16.1. The first-order valence-corrected chi connectivity index (χ1v) is 9.38. The summed E-state index contributed by atoms with van der Waals surface area (Å²) in [7, 11) is 0. The molecule has 4 N–H and O–H groups in total. The zero-order chi connectivity index (χ0) is 22.1. The highest BCUT2D eigenvalue weighted by molar-refractivity contribution is 6.06. The van der Waals surface area contributed by atoms with Gasteiger partial charge in [-0.15, -0.1) is 0 Å². The van der Waals surface area contributed by atoms with Crippen LogP contribution in [0.3, 0.4) is 0 Å². The molecule has 1 aliphatic rings. The van der Waals surface area contributed by atoms with Crippen molar-refractivity contribution in [1.29, 1.82) is 0 Å². The van der Waals surface area contributed by atoms with Crippen LogP contribution in [0.4, 0.5) is 29.9 Å². The molecule has 3 aromatic rings. The maximum atomic E-state index is 14.1. The number of halogens is 2. The maximum absolute atomic E-state index is 14.1. The van der Waals surface area contributed by atoms with E-state index >= 15 is 0 Å². The van der Waals surface area contributed by atoms with Crippen LogP contribution < -0.4 is 16.4 Å². The number of carbonyl (C=O) groups is 3. The second-order valence-corrected chi connectivity index (χ2v) is 7.02. The molecule has 0 radical (unpaired) electrons. The standard InChI is InChI=1S/C20H18F2N6O3/c21-11-8-16(18(29)26-17-13(22)5-3-7-24-17)28(9-11)20(31)25-14-10-27(19(23)30)15-6-2-1-4-12(14)15/h1-7,10-11,16H,8-9H2,(H2,23,30)(H,25,31)(H,24,26,29)/t11-,16+/m1/s1. The lowest BCUT2D eigenvalue weighted by Crippen LogP contribution is -2.45. The van der Waals surface area contributed by atoms with Crippen LogP contribution in [0.15, 0.2) is 48.8 Å². The van der Waals surface area contributed by atoms with Gasteiger partial charge in [-0.25, -0.2) is 23.4 Å². The van der Waals surface area contributed by atoms with Gasteiger partial charge in [-0.1, -0.05) is 18.2 Å². The Bertz CT molecular complexity index is 1180. The fourth-order valence-corrected chi connectivity index (χ4v) is 3.58. The summed E-state index contributed by atoms with van der Waals surface area (Å²) in [4.78, 5) is 41.9. The predicted molar refractivity (Wildman–Crippen MR) is 109 cm³/mol. The van der Waals surface area contributed by atoms with Crippen molar-refractivity contribution >= 4 is 40.4 Å². The largest absolute Gasteiger partial charge is 0.351 e. The molecule has 11 heteroatoms. The number of hydrogen-bond acceptors (Lipinski definition) is 4. The third-order valence-electron chi connectivity index (χ3n) is 5.00. The Morgan fingerprint density at radius 1 is 1.13 bits per heavy atom. The van der Waals surface area contributed by atoms with E-state index in [2.05, 4.69) is 15.6 Å². The molecule has 9 nitrogen and oxygen atoms in total. The van der Waals surface area contributed by atoms with Gasteiger partial charge in [0.1, 0.15) is 12.2 Å². The van der Waals surface area contributed by atoms with Crippen LogP contribution in [0.5, 0.6) is 0 Å². The molecule has 1 aromatic carbocycles. The highest BCUT2D eigenvalue weighted by Gasteiger charge is 2.40. The summed E-state index contributed by atoms with van der Waals surface area (Å²) in [6.45, 7) is -0.316. The lowest BCUT2D eigenvalue weighted by Gasteiger charge is -2.23. The van der Waals surface area contributed by atoms with E-state index in [1.54, 1.807) is 24.3 Å². The average molecular weight is 428 g/mol. The minimum absolute atomic E-state index is 0.239. The van der Waals surface area contributed by atoms with Crippen LogP contribution >= 0.6 is 0 Å². The van der Waals surface area contributed by atoms with E-state index < -0.39 is 36.0 Å². The van der Waals surface area contributed by atoms with E-state index in [9.17, 15) is 23.2 Å². The molecular weight excluding hydrogens is 410 g/mol. The number of pyridine rings is 1. The number of likely N-dealkylation sites (tertiary alicyclic amines) is 1. The van der Waals surface area contributed by atoms with Crippen molar-refractivity contribution in [3.63, 3.8) is 0 Å². The summed E-state index contributed by atoms with van der Waals surface area (Å²) in [6, 6.07) is 6.59. The number of alkyl halides is 1. The van der Waals surface area contributed by atoms with Gasteiger partial charge in [-0.2, -0.15) is 0 Å². The number of fused-ring (bicyclic) bond motifs is 1. The quantitative estimate of drug-likeness (QED) is 0.594. The number of para-hydroxylation sites is 1. The van der Waals surface area contributed by atoms with Crippen molar-refractivity contribution in [3.8, 4) is 0 Å². The monoisotopic (exact) mass is 428 g/mol. The van der Waals surface area contributed by atoms with Gasteiger partial charge >= 0.3 is 12.1 Å². The molecule has 0 unspecified atom stereocenters. The first kappa shape index (κ1) is 20.3. The molecule has 0 bridgehead atoms. The van der Waals surface area contributed by atoms with Gasteiger partial charge in [0.05, 0.1) is 17.7 Å². The number of anilines is 2. The second kappa shape index (κ2) is 8.01. The fourth-order valence-electron chi connectivity index (χ4n) is 3.58. The normalized spacial score (nSPS) is 18.2. The molecule has 3 heterocycles. The molecule has 4 rings (SSSR count). The summed E-state index contributed by atoms with van der Waals surface area (Å²) in [5.41, 5.74) is 6.13. The van der Waals surface area contributed by atoms with Gasteiger partial charge in [0.15, 0.2) is 11.6 Å². The minimum atomic E-state index is -1.43. The van der Waals surface area contributed by atoms with Gasteiger partial charge in [0.2, 0.25) is 5.91 Å². The number of nitrogens with zero attached hydrogens (tertiary/aromatic N) is 3. The highest BCUT2D eigenvalue weighted by Crippen LogP contribution is 2.28. The van der Waals surface area contributed by atoms with Gasteiger partial charge in [-0.3, -0.25) is 9.36 Å². The Balaban J connectivity index is 1.56. The molecule has 0 spiro atoms. The van der Waals surface area contributed by atoms with Crippen molar-refractivity contribution in [3.05, 3.63) is 54.6 Å². The lowest BCUT2D eigenvalue weighted by molar-refractivity contribution is -0.119. The van der Waals surface area contributed by atoms with Crippen molar-refractivity contribution in [2.75, 3.05) is 17.2 Å². The van der Waals surface area contributed by atoms with Crippen molar-refractivity contribution in [2.45, 2.75) is 18.6 Å². The van der Waals surface area contributed by atoms with E-state index in [1.165, 1.54) is 23.0 Å². The molecular formula is C20H18F2N6O3. The summed E-state index contributed by atoms with van der Waals surface area (Å²) >= 11 is 0. The predicted octanol–water partition coefficient (Wildman–Crippen LogP) is 2.69. The van der Waals surface area contributed by atoms with Gasteiger partial charge in [0, 0.05) is 24.2 Å². The van der Waals surface area contributed by atoms with Crippen molar-refractivity contribution < 1.29 is 23.2 Å². The van der Waals surface area contributed by atoms with Gasteiger partial charge in [0.25, 0.3) is 0 Å². The van der Waals surface area contributed by atoms with E-state index in [4.69, 9.17) is 5.73 Å². The first-order valence-electron chi connectivity index (χ1n) is 9.38. The van der Waals surface area contributed by atoms with Crippen LogP contribution in [0, 0.1) is 5.82 Å². The first-order chi connectivity index (χ1) is 14.8. The number of benzene rings is 1. The Kier molecular flexibility index (Phi) is 5.24. The Morgan fingerprint density at radius 3 is 2.65 bits per heavy atom. The van der Waals surface area contributed by atoms with Crippen molar-refractivity contribution in [2.24, 2.45) is 5.73 Å². The Morgan fingerprint density at radius 2 is 1.90 bits per heavy atom. The van der Waals surface area contributed by atoms with Crippen LogP contribution in [0.2, 0.25) is 0 Å². The minimum Gasteiger partial charge on any atom is -0.351 e. The Hall–Kier alpha value is -4.02. The summed E-state index contributed by atoms with van der Waals surface area (Å²) in [5.74, 6) is -1.81. The number of nitrogens with one attached hydrogen (secondary N) is 2. The van der Waals surface area contributed by atoms with Crippen LogP contribution in [0.25, 0.3) is 10.9 Å². The van der Waals surface area contributed by atoms with E-state index in [-0.39, 0.29) is 24.5 Å². The number of nitrogens with two attached hydrogens (primary N) is 1. The number of urea groups is 1. The summed E-state index contributed by atoms with van der Waals surface area (Å²) in [5, 5.41) is 5.44. The molecule has 1 aliphatic heterocycles. The summed E-state index contributed by atoms with van der Waals surface area (Å²) < 4.78 is 29.1. The number of aromatic nitrogens is 2. The molecule has 2 aromatic heterocycles. The average Bonchev–Trinajstić information content (AvgIpc) is 3.31. The van der Waals surface area contributed by atoms with Gasteiger partial charge in [-0.05, 0) is 18.2 Å². The molecule has 31 heavy (non-hydrogen) atoms. The number of amides is 4. The van der Waals surface area contributed by atoms with E-state index in [0.29, 0.717) is 10.9 Å². The van der Waals surface area contributed by atoms with E-state index in [0.717, 1.165) is 11.0 Å². The van der Waals surface area contributed by atoms with Crippen LogP contribution in [0.1, 0.15) is 6.42 Å². The molecule has 4 amide bonds. The van der Waals surface area contributed by atoms with Crippen LogP contribution in [-0.2, 0) is 4.79 Å². The fraction of sp³-hybridized carbons (Fsp3) is 0.200. The Labute approximate surface area is 174 Å². The second-order valence-electron chi connectivity index (χ2n) is 7.02. The molecule has 2 atom stereocenters. The summed E-state index contributed by atoms with van der Waals surface area (Å²) in [6.07, 6.45) is 0.981. The lowest BCUT2D eigenvalue weighted by atomic mass is 10.2. The molecule has 1 fully saturated rings. The van der Waals surface area contributed by atoms with Crippen molar-refractivity contribution in [1.82, 2.24) is 14.5 Å². The zero-order valence-electron chi connectivity index (χ0n) is 16.1. The number of carbonyl (C=O) groups excluding carboxylic acids is 3. The van der Waals surface area contributed by atoms with Gasteiger partial charge < -0.3 is 21.3 Å². The maximum Gasteiger partial charge on any atom is 0.323 e. The highest BCUT2D eigenvalue weighted by atomic mass is 19.1. The SMILES string of the molecule is NC(=O)n1cc(NC(=O)N2C[C@H](F)C[C@H]2C(=O)Nc2ncccc2F)c2ccccc21. The third-order valence-corrected chi connectivity index (χ3v) is 5.00. The number of hydrogen-bond donors (Lipinski definition) is 3. The molecule has 0 saturated carbocycles. The molecule has 1 saturated heterocycles.